The second-order valence-corrected chi connectivity index (χ2v) is 7.17. The molecule has 1 fully saturated rings. The van der Waals surface area contributed by atoms with Gasteiger partial charge in [0.15, 0.2) is 0 Å². The zero-order valence-electron chi connectivity index (χ0n) is 16.0. The van der Waals surface area contributed by atoms with Gasteiger partial charge in [0.1, 0.15) is 0 Å². The van der Waals surface area contributed by atoms with Crippen LogP contribution in [0, 0.1) is 19.8 Å². The number of halogens is 2. The van der Waals surface area contributed by atoms with Crippen LogP contribution in [0.5, 0.6) is 0 Å². The molecule has 1 saturated carbocycles. The van der Waals surface area contributed by atoms with Gasteiger partial charge in [0.05, 0.1) is 24.2 Å². The Bertz CT molecular complexity index is 664. The van der Waals surface area contributed by atoms with Crippen molar-refractivity contribution in [3.8, 4) is 0 Å². The third kappa shape index (κ3) is 5.51. The molecule has 1 aromatic carbocycles. The lowest BCUT2D eigenvalue weighted by molar-refractivity contribution is -0.0526. The molecule has 1 aromatic rings. The third-order valence-corrected chi connectivity index (χ3v) is 4.94. The summed E-state index contributed by atoms with van der Waals surface area (Å²) in [4.78, 5) is 18.8. The lowest BCUT2D eigenvalue weighted by atomic mass is 9.87. The van der Waals surface area contributed by atoms with E-state index < -0.39 is 11.9 Å². The number of ether oxygens (including phenoxy) is 1. The number of carbonyl (C=O) groups excluding carboxylic acids is 1. The van der Waals surface area contributed by atoms with Crippen molar-refractivity contribution in [2.24, 2.45) is 10.9 Å². The molecular formula is C20H28F2N2O2. The fraction of sp³-hybridized carbons (Fsp3) is 0.600. The number of hydrogen-bond acceptors (Lipinski definition) is 3. The Hall–Kier alpha value is -1.98. The SMILES string of the molecule is CCN(C)C=Nc1cc(C)c(C(=O)OCC2CCC(F)(F)CC2)cc1C. The second kappa shape index (κ2) is 8.60. The Labute approximate surface area is 154 Å². The molecule has 0 amide bonds. The van der Waals surface area contributed by atoms with Gasteiger partial charge in [-0.25, -0.2) is 18.6 Å². The quantitative estimate of drug-likeness (QED) is 0.409. The van der Waals surface area contributed by atoms with E-state index in [9.17, 15) is 13.6 Å². The van der Waals surface area contributed by atoms with Crippen LogP contribution in [-0.2, 0) is 4.74 Å². The minimum atomic E-state index is -2.56. The van der Waals surface area contributed by atoms with Crippen molar-refractivity contribution < 1.29 is 18.3 Å². The number of aryl methyl sites for hydroxylation is 2. The van der Waals surface area contributed by atoms with Crippen LogP contribution in [0.15, 0.2) is 17.1 Å². The van der Waals surface area contributed by atoms with Crippen LogP contribution in [0.25, 0.3) is 0 Å². The lowest BCUT2D eigenvalue weighted by Crippen LogP contribution is -2.27. The smallest absolute Gasteiger partial charge is 0.338 e. The van der Waals surface area contributed by atoms with Gasteiger partial charge in [0.2, 0.25) is 5.92 Å². The molecule has 0 heterocycles. The monoisotopic (exact) mass is 366 g/mol. The van der Waals surface area contributed by atoms with E-state index in [-0.39, 0.29) is 25.4 Å². The number of alkyl halides is 2. The number of carbonyl (C=O) groups is 1. The number of nitrogens with zero attached hydrogens (tertiary/aromatic N) is 2. The molecule has 0 bridgehead atoms. The summed E-state index contributed by atoms with van der Waals surface area (Å²) >= 11 is 0. The number of esters is 1. The highest BCUT2D eigenvalue weighted by molar-refractivity contribution is 5.92. The zero-order chi connectivity index (χ0) is 19.3. The predicted octanol–water partition coefficient (Wildman–Crippen LogP) is 4.90. The highest BCUT2D eigenvalue weighted by Gasteiger charge is 2.35. The Morgan fingerprint density at radius 1 is 1.31 bits per heavy atom. The highest BCUT2D eigenvalue weighted by Crippen LogP contribution is 2.36. The van der Waals surface area contributed by atoms with Crippen molar-refractivity contribution >= 4 is 18.0 Å². The van der Waals surface area contributed by atoms with Crippen LogP contribution < -0.4 is 0 Å². The van der Waals surface area contributed by atoms with E-state index in [0.29, 0.717) is 18.4 Å². The summed E-state index contributed by atoms with van der Waals surface area (Å²) in [5.41, 5.74) is 3.00. The molecule has 1 aliphatic rings. The predicted molar refractivity (Wildman–Crippen MR) is 99.6 cm³/mol. The van der Waals surface area contributed by atoms with Gasteiger partial charge in [-0.15, -0.1) is 0 Å². The molecule has 0 aliphatic heterocycles. The van der Waals surface area contributed by atoms with Gasteiger partial charge in [-0.3, -0.25) is 0 Å². The molecule has 0 atom stereocenters. The maximum absolute atomic E-state index is 13.2. The fourth-order valence-electron chi connectivity index (χ4n) is 2.94. The van der Waals surface area contributed by atoms with Crippen LogP contribution in [0.2, 0.25) is 0 Å². The molecule has 144 valence electrons. The Morgan fingerprint density at radius 3 is 2.58 bits per heavy atom. The maximum Gasteiger partial charge on any atom is 0.338 e. The first-order valence-electron chi connectivity index (χ1n) is 9.12. The van der Waals surface area contributed by atoms with Gasteiger partial charge < -0.3 is 9.64 Å². The molecular weight excluding hydrogens is 338 g/mol. The van der Waals surface area contributed by atoms with Gasteiger partial charge in [-0.05, 0) is 62.8 Å². The summed E-state index contributed by atoms with van der Waals surface area (Å²) in [6.07, 6.45) is 2.32. The van der Waals surface area contributed by atoms with Crippen molar-refractivity contribution in [2.75, 3.05) is 20.2 Å². The summed E-state index contributed by atoms with van der Waals surface area (Å²) in [6.45, 7) is 6.85. The van der Waals surface area contributed by atoms with Crippen LogP contribution in [0.3, 0.4) is 0 Å². The molecule has 0 unspecified atom stereocenters. The molecule has 26 heavy (non-hydrogen) atoms. The number of aliphatic imine (C=N–C) groups is 1. The molecule has 2 rings (SSSR count). The second-order valence-electron chi connectivity index (χ2n) is 7.17. The Kier molecular flexibility index (Phi) is 6.73. The summed E-state index contributed by atoms with van der Waals surface area (Å²) in [5.74, 6) is -2.94. The standard InChI is InChI=1S/C20H28F2N2O2/c1-5-24(4)13-23-18-11-14(2)17(10-15(18)3)19(25)26-12-16-6-8-20(21,22)9-7-16/h10-11,13,16H,5-9,12H2,1-4H3. The van der Waals surface area contributed by atoms with E-state index in [1.807, 2.05) is 38.8 Å². The lowest BCUT2D eigenvalue weighted by Gasteiger charge is -2.27. The first-order chi connectivity index (χ1) is 12.2. The Balaban J connectivity index is 1.98. The molecule has 0 spiro atoms. The maximum atomic E-state index is 13.2. The molecule has 0 radical (unpaired) electrons. The van der Waals surface area contributed by atoms with Gasteiger partial charge in [-0.1, -0.05) is 0 Å². The van der Waals surface area contributed by atoms with Crippen LogP contribution in [-0.4, -0.2) is 43.3 Å². The average Bonchev–Trinajstić information content (AvgIpc) is 2.60. The molecule has 6 heteroatoms. The van der Waals surface area contributed by atoms with E-state index in [0.717, 1.165) is 23.4 Å². The van der Waals surface area contributed by atoms with Crippen molar-refractivity contribution in [3.63, 3.8) is 0 Å². The van der Waals surface area contributed by atoms with Crippen LogP contribution >= 0.6 is 0 Å². The Morgan fingerprint density at radius 2 is 1.96 bits per heavy atom. The van der Waals surface area contributed by atoms with E-state index in [1.165, 1.54) is 0 Å². The molecule has 0 N–H and O–H groups in total. The van der Waals surface area contributed by atoms with Crippen molar-refractivity contribution in [1.29, 1.82) is 0 Å². The summed E-state index contributed by atoms with van der Waals surface area (Å²) in [6, 6.07) is 3.65. The van der Waals surface area contributed by atoms with Gasteiger partial charge in [-0.2, -0.15) is 0 Å². The summed E-state index contributed by atoms with van der Waals surface area (Å²) in [7, 11) is 1.94. The number of hydrogen-bond donors (Lipinski definition) is 0. The molecule has 1 aliphatic carbocycles. The summed E-state index contributed by atoms with van der Waals surface area (Å²) < 4.78 is 31.8. The third-order valence-electron chi connectivity index (χ3n) is 4.94. The van der Waals surface area contributed by atoms with Crippen molar-refractivity contribution in [2.45, 2.75) is 52.4 Å². The van der Waals surface area contributed by atoms with Gasteiger partial charge >= 0.3 is 5.97 Å². The molecule has 4 nitrogen and oxygen atoms in total. The van der Waals surface area contributed by atoms with Crippen molar-refractivity contribution in [3.05, 3.63) is 28.8 Å². The number of rotatable bonds is 6. The largest absolute Gasteiger partial charge is 0.462 e. The number of benzene rings is 1. The zero-order valence-corrected chi connectivity index (χ0v) is 16.0. The van der Waals surface area contributed by atoms with Crippen LogP contribution in [0.4, 0.5) is 14.5 Å². The molecule has 0 aromatic heterocycles. The highest BCUT2D eigenvalue weighted by atomic mass is 19.3. The minimum absolute atomic E-state index is 0.0217. The first-order valence-corrected chi connectivity index (χ1v) is 9.12. The topological polar surface area (TPSA) is 41.9 Å². The van der Waals surface area contributed by atoms with E-state index >= 15 is 0 Å². The minimum Gasteiger partial charge on any atom is -0.462 e. The van der Waals surface area contributed by atoms with Crippen LogP contribution in [0.1, 0.15) is 54.1 Å². The molecule has 0 saturated heterocycles. The van der Waals surface area contributed by atoms with Gasteiger partial charge in [0, 0.05) is 26.4 Å². The van der Waals surface area contributed by atoms with E-state index in [4.69, 9.17) is 4.74 Å². The summed E-state index contributed by atoms with van der Waals surface area (Å²) in [5, 5.41) is 0. The van der Waals surface area contributed by atoms with Gasteiger partial charge in [0.25, 0.3) is 0 Å². The first kappa shape index (κ1) is 20.3. The van der Waals surface area contributed by atoms with Crippen molar-refractivity contribution in [1.82, 2.24) is 4.90 Å². The average molecular weight is 366 g/mol. The van der Waals surface area contributed by atoms with E-state index in [2.05, 4.69) is 4.99 Å². The fourth-order valence-corrected chi connectivity index (χ4v) is 2.94. The van der Waals surface area contributed by atoms with E-state index in [1.54, 1.807) is 12.4 Å². The normalized spacial score (nSPS) is 17.5.